The van der Waals surface area contributed by atoms with Crippen molar-refractivity contribution in [1.29, 1.82) is 0 Å². The minimum atomic E-state index is -4.41. The highest BCUT2D eigenvalue weighted by atomic mass is 127. The molecule has 686 valence electrons. The highest BCUT2D eigenvalue weighted by Crippen LogP contribution is 2.31. The first-order valence-electron chi connectivity index (χ1n) is 37.5. The van der Waals surface area contributed by atoms with Crippen LogP contribution in [0.1, 0.15) is 42.0 Å². The predicted molar refractivity (Wildman–Crippen MR) is 439 cm³/mol. The van der Waals surface area contributed by atoms with E-state index in [1.165, 1.54) is 79.4 Å². The quantitative estimate of drug-likeness (QED) is 0.0481. The number of aryl methyl sites for hydroxylation is 3. The van der Waals surface area contributed by atoms with Crippen LogP contribution in [0.25, 0.3) is 10.8 Å². The molecule has 1 unspecified atom stereocenters. The number of benzene rings is 11. The summed E-state index contributed by atoms with van der Waals surface area (Å²) in [6.45, 7) is -0.746. The molecule has 0 aromatic heterocycles. The number of carboxylic acid groups (broad SMARTS) is 10. The van der Waals surface area contributed by atoms with Gasteiger partial charge in [-0.05, 0) is 266 Å². The summed E-state index contributed by atoms with van der Waals surface area (Å²) in [6.07, 6.45) is -0.684. The number of carbonyl (C=O) groups is 10. The maximum atomic E-state index is 12.3. The SMILES string of the molecule is CC(Oc1ccccc1)C(=O)[O-].COc1ccc(OCC(=O)[O-])cc1.Cc1ccc(OCC(=O)[O-])cc1.O=C([O-])COc1ccc(C(F)(F)F)cc1.O=C([O-])COc1ccc(F)cc1.O=C([O-])COc1ccc(I)cc1.O=C([O-])COc1ccc(O)cc1.O=C([O-])COc1ccc2c(c1)CCCC2.O=C([O-])COc1ccc2ccccc2c1.O=C([O-])COc1ccccc1. The summed E-state index contributed by atoms with van der Waals surface area (Å²) in [6, 6.07) is 71.9. The van der Waals surface area contributed by atoms with E-state index in [2.05, 4.69) is 27.3 Å². The van der Waals surface area contributed by atoms with Gasteiger partial charge in [0, 0.05) is 3.57 Å². The second kappa shape index (κ2) is 60.9. The second-order valence-corrected chi connectivity index (χ2v) is 26.5. The number of alkyl halides is 3. The Labute approximate surface area is 748 Å². The van der Waals surface area contributed by atoms with Crippen molar-refractivity contribution < 1.29 is 174 Å². The molecule has 0 bridgehead atoms. The molecule has 11 aromatic carbocycles. The number of phenolic OH excluding ortho intramolecular Hbond substituents is 1. The zero-order valence-corrected chi connectivity index (χ0v) is 70.8. The van der Waals surface area contributed by atoms with Crippen LogP contribution < -0.4 is 103 Å². The average Bonchev–Trinajstić information content (AvgIpc) is 0.856. The molecule has 0 aliphatic heterocycles. The minimum Gasteiger partial charge on any atom is -0.546 e. The lowest BCUT2D eigenvalue weighted by atomic mass is 9.92. The van der Waals surface area contributed by atoms with E-state index in [0.717, 1.165) is 57.0 Å². The summed E-state index contributed by atoms with van der Waals surface area (Å²) >= 11 is 2.15. The largest absolute Gasteiger partial charge is 0.546 e. The Balaban J connectivity index is 0.000000370. The van der Waals surface area contributed by atoms with E-state index in [-0.39, 0.29) is 18.1 Å². The number of aromatic hydroxyl groups is 1. The summed E-state index contributed by atoms with van der Waals surface area (Å²) in [5, 5.41) is 112. The first-order chi connectivity index (χ1) is 61.3. The summed E-state index contributed by atoms with van der Waals surface area (Å²) in [7, 11) is 1.55. The van der Waals surface area contributed by atoms with Gasteiger partial charge in [0.2, 0.25) is 0 Å². The van der Waals surface area contributed by atoms with Crippen LogP contribution in [0.3, 0.4) is 0 Å². The van der Waals surface area contributed by atoms with Gasteiger partial charge in [-0.2, -0.15) is 13.2 Å². The summed E-state index contributed by atoms with van der Waals surface area (Å²) in [5.74, 6) is -7.56. The molecule has 11 aromatic rings. The third kappa shape index (κ3) is 52.6. The Bertz CT molecular complexity index is 4950. The Morgan fingerprint density at radius 2 is 0.628 bits per heavy atom. The summed E-state index contributed by atoms with van der Waals surface area (Å²) in [4.78, 5) is 101. The van der Waals surface area contributed by atoms with Gasteiger partial charge in [0.15, 0.2) is 0 Å². The van der Waals surface area contributed by atoms with E-state index in [9.17, 15) is 117 Å². The number of carbonyl (C=O) groups excluding carboxylic acids is 10. The van der Waals surface area contributed by atoms with Crippen LogP contribution in [-0.4, -0.2) is 137 Å². The fourth-order valence-corrected chi connectivity index (χ4v) is 9.62. The van der Waals surface area contributed by atoms with Crippen molar-refractivity contribution in [3.05, 3.63) is 299 Å². The van der Waals surface area contributed by atoms with Gasteiger partial charge in [-0.15, -0.1) is 0 Å². The molecule has 32 nitrogen and oxygen atoms in total. The van der Waals surface area contributed by atoms with Crippen LogP contribution in [0.15, 0.2) is 267 Å². The fraction of sp³-hybridized carbons (Fsp3) is 0.196. The number of ether oxygens (including phenoxy) is 11. The van der Waals surface area contributed by atoms with Gasteiger partial charge in [-0.25, -0.2) is 4.39 Å². The Hall–Kier alpha value is -15.6. The smallest absolute Gasteiger partial charge is 0.416 e. The standard InChI is InChI=1S/C12H14O3.C12H10O3.C9H7F3O3.C9H10O4.2C9H10O3.C8H7FO3.C8H7IO3.C8H8O4.C8H8O3/c2*13-12(14)8-15-11-6-5-9-3-1-2-4-10(9)7-11;10-9(11,12)6-1-3-7(4-2-6)15-5-8(13)14;1-12-7-2-4-8(5-3-7)13-6-9(10)11;1-7-2-4-8(5-3-7)12-6-9(10)11;1-7(9(10)11)12-8-5-3-2-4-6-8;3*9-6-1-3-7(4-2-6)12-5-8(10)11;9-8(10)6-11-7-4-2-1-3-5-7/h5-7H,1-4,8H2,(H,13,14);1-7H,8H2,(H,13,14);1-4H,5H2,(H,13,14);2-5H,6H2,1H3,(H,10,11);2-5H,6H2,1H3,(H,10,11);2-7H,1H3,(H,10,11);2*1-4H,5H2,(H,10,11);1-4,9H,5H2,(H,10,11);1-5H,6H2,(H,9,10)/p-10. The van der Waals surface area contributed by atoms with E-state index >= 15 is 0 Å². The number of para-hydroxylation sites is 2. The molecule has 0 spiro atoms. The van der Waals surface area contributed by atoms with Gasteiger partial charge in [0.05, 0.1) is 72.4 Å². The molecular formula is C92H81F4IO32-10. The van der Waals surface area contributed by atoms with Crippen molar-refractivity contribution in [3.8, 4) is 69.0 Å². The topological polar surface area (TPSA) is 523 Å². The number of phenols is 1. The Kier molecular flexibility index (Phi) is 50.8. The fourth-order valence-electron chi connectivity index (χ4n) is 9.26. The van der Waals surface area contributed by atoms with E-state index in [1.807, 2.05) is 91.9 Å². The van der Waals surface area contributed by atoms with Crippen LogP contribution in [0.4, 0.5) is 17.6 Å². The zero-order chi connectivity index (χ0) is 95.5. The van der Waals surface area contributed by atoms with Crippen molar-refractivity contribution in [2.24, 2.45) is 0 Å². The van der Waals surface area contributed by atoms with Crippen molar-refractivity contribution in [2.75, 3.05) is 66.6 Å². The number of methoxy groups -OCH3 is 1. The van der Waals surface area contributed by atoms with Crippen LogP contribution in [0.5, 0.6) is 69.0 Å². The lowest BCUT2D eigenvalue weighted by Gasteiger charge is -2.16. The van der Waals surface area contributed by atoms with Gasteiger partial charge in [0.1, 0.15) is 140 Å². The molecule has 12 rings (SSSR count). The van der Waals surface area contributed by atoms with Gasteiger partial charge in [-0.3, -0.25) is 0 Å². The average molecular weight is 1900 g/mol. The lowest BCUT2D eigenvalue weighted by Crippen LogP contribution is -2.37. The molecule has 0 fully saturated rings. The number of fused-ring (bicyclic) bond motifs is 2. The first-order valence-corrected chi connectivity index (χ1v) is 38.6. The van der Waals surface area contributed by atoms with Crippen LogP contribution in [0.2, 0.25) is 0 Å². The number of aliphatic carboxylic acids is 10. The molecule has 1 N–H and O–H groups in total. The molecule has 0 saturated carbocycles. The molecular weight excluding hydrogens is 1820 g/mol. The van der Waals surface area contributed by atoms with Gasteiger partial charge < -0.3 is 156 Å². The number of hydrogen-bond donors (Lipinski definition) is 1. The van der Waals surface area contributed by atoms with Crippen LogP contribution in [0, 0.1) is 16.3 Å². The third-order valence-electron chi connectivity index (χ3n) is 15.1. The van der Waals surface area contributed by atoms with Gasteiger partial charge in [-0.1, -0.05) is 90.5 Å². The van der Waals surface area contributed by atoms with Crippen molar-refractivity contribution in [3.63, 3.8) is 0 Å². The van der Waals surface area contributed by atoms with Crippen LogP contribution >= 0.6 is 22.6 Å². The summed E-state index contributed by atoms with van der Waals surface area (Å²) in [5.41, 5.74) is 2.94. The van der Waals surface area contributed by atoms with E-state index < -0.39 is 136 Å². The van der Waals surface area contributed by atoms with E-state index in [4.69, 9.17) is 52.5 Å². The molecule has 0 heterocycles. The monoisotopic (exact) mass is 1900 g/mol. The zero-order valence-electron chi connectivity index (χ0n) is 68.7. The number of halogens is 5. The van der Waals surface area contributed by atoms with Crippen molar-refractivity contribution in [1.82, 2.24) is 0 Å². The molecule has 37 heteroatoms. The third-order valence-corrected chi connectivity index (χ3v) is 15.8. The van der Waals surface area contributed by atoms with Crippen molar-refractivity contribution >= 4 is 93.1 Å². The van der Waals surface area contributed by atoms with E-state index in [1.54, 1.807) is 116 Å². The molecule has 1 atom stereocenters. The Morgan fingerprint density at radius 1 is 0.341 bits per heavy atom. The number of carboxylic acids is 10. The first kappa shape index (κ1) is 108. The normalized spacial score (nSPS) is 10.5. The van der Waals surface area contributed by atoms with Crippen molar-refractivity contribution in [2.45, 2.75) is 51.8 Å². The van der Waals surface area contributed by atoms with E-state index in [0.29, 0.717) is 57.5 Å². The molecule has 0 amide bonds. The highest BCUT2D eigenvalue weighted by Gasteiger charge is 2.30. The number of rotatable bonds is 31. The maximum absolute atomic E-state index is 12.3. The highest BCUT2D eigenvalue weighted by molar-refractivity contribution is 14.1. The second-order valence-electron chi connectivity index (χ2n) is 25.2. The maximum Gasteiger partial charge on any atom is 0.416 e. The molecule has 0 radical (unpaired) electrons. The minimum absolute atomic E-state index is 0.0483. The lowest BCUT2D eigenvalue weighted by molar-refractivity contribution is -0.313. The Morgan fingerprint density at radius 3 is 1.00 bits per heavy atom. The number of hydrogen-bond acceptors (Lipinski definition) is 32. The van der Waals surface area contributed by atoms with Gasteiger partial charge >= 0.3 is 6.18 Å². The molecule has 0 saturated heterocycles. The van der Waals surface area contributed by atoms with Gasteiger partial charge in [0.25, 0.3) is 0 Å². The van der Waals surface area contributed by atoms with Crippen LogP contribution in [-0.2, 0) is 67.0 Å². The predicted octanol–water partition coefficient (Wildman–Crippen LogP) is 2.36. The molecule has 1 aliphatic rings. The summed E-state index contributed by atoms with van der Waals surface area (Å²) < 4.78 is 103. The molecule has 1 aliphatic carbocycles. The molecule has 129 heavy (non-hydrogen) atoms.